The van der Waals surface area contributed by atoms with E-state index in [1.54, 1.807) is 0 Å². The van der Waals surface area contributed by atoms with E-state index >= 15 is 0 Å². The van der Waals surface area contributed by atoms with Crippen LogP contribution in [0.25, 0.3) is 0 Å². The molecule has 2 aromatic carbocycles. The molecule has 0 amide bonds. The summed E-state index contributed by atoms with van der Waals surface area (Å²) < 4.78 is 6.68. The Labute approximate surface area is 163 Å². The Balaban J connectivity index is 1.92. The number of halogens is 1. The van der Waals surface area contributed by atoms with Crippen molar-refractivity contribution in [3.8, 4) is 5.75 Å². The average molecular weight is 415 g/mol. The summed E-state index contributed by atoms with van der Waals surface area (Å²) in [5.74, 6) is 0.769. The summed E-state index contributed by atoms with van der Waals surface area (Å²) in [6, 6.07) is 15.1. The van der Waals surface area contributed by atoms with E-state index in [2.05, 4.69) is 38.6 Å². The topological polar surface area (TPSA) is 45.1 Å². The van der Waals surface area contributed by atoms with Gasteiger partial charge in [0.25, 0.3) is 0 Å². The number of oxime groups is 1. The Bertz CT molecular complexity index is 753. The molecule has 0 aliphatic carbocycles. The minimum atomic E-state index is 0.509. The van der Waals surface area contributed by atoms with E-state index in [4.69, 9.17) is 4.74 Å². The maximum atomic E-state index is 9.38. The molecule has 26 heavy (non-hydrogen) atoms. The average Bonchev–Trinajstić information content (AvgIpc) is 2.65. The van der Waals surface area contributed by atoms with Crippen molar-refractivity contribution in [1.29, 1.82) is 0 Å². The maximum absolute atomic E-state index is 9.38. The number of hydrogen-bond acceptors (Lipinski definition) is 4. The van der Waals surface area contributed by atoms with E-state index in [1.165, 1.54) is 0 Å². The predicted octanol–water partition coefficient (Wildman–Crippen LogP) is 4.73. The third-order valence-electron chi connectivity index (χ3n) is 3.72. The van der Waals surface area contributed by atoms with Gasteiger partial charge in [-0.25, -0.2) is 0 Å². The molecular formula is C21H23BrN2O2. The molecule has 0 fully saturated rings. The first-order chi connectivity index (χ1) is 12.6. The zero-order valence-corrected chi connectivity index (χ0v) is 16.4. The van der Waals surface area contributed by atoms with Crippen LogP contribution < -0.4 is 4.74 Å². The number of hydrogen-bond donors (Lipinski definition) is 1. The number of nitrogens with zero attached hydrogens (tertiary/aromatic N) is 2. The van der Waals surface area contributed by atoms with Crippen LogP contribution in [0.1, 0.15) is 11.1 Å². The fourth-order valence-electron chi connectivity index (χ4n) is 2.36. The number of likely N-dealkylation sites (N-methyl/N-ethyl adjacent to an activating group) is 1. The van der Waals surface area contributed by atoms with Crippen LogP contribution in [0.3, 0.4) is 0 Å². The zero-order valence-electron chi connectivity index (χ0n) is 14.8. The first-order valence-electron chi connectivity index (χ1n) is 8.29. The van der Waals surface area contributed by atoms with Gasteiger partial charge in [-0.3, -0.25) is 4.90 Å². The quantitative estimate of drug-likeness (QED) is 0.279. The third kappa shape index (κ3) is 6.17. The lowest BCUT2D eigenvalue weighted by molar-refractivity contribution is 0.319. The Hall–Kier alpha value is -2.37. The van der Waals surface area contributed by atoms with Crippen molar-refractivity contribution in [3.05, 3.63) is 88.9 Å². The van der Waals surface area contributed by atoms with E-state index < -0.39 is 0 Å². The lowest BCUT2D eigenvalue weighted by Crippen LogP contribution is -2.17. The highest BCUT2D eigenvalue weighted by Crippen LogP contribution is 2.18. The highest BCUT2D eigenvalue weighted by atomic mass is 79.9. The van der Waals surface area contributed by atoms with Crippen LogP contribution in [-0.2, 0) is 0 Å². The van der Waals surface area contributed by atoms with Crippen LogP contribution in [0.2, 0.25) is 0 Å². The molecule has 136 valence electrons. The molecule has 0 aliphatic heterocycles. The molecular weight excluding hydrogens is 392 g/mol. The molecule has 0 aromatic heterocycles. The monoisotopic (exact) mass is 414 g/mol. The van der Waals surface area contributed by atoms with Crippen molar-refractivity contribution in [2.75, 3.05) is 26.7 Å². The molecule has 0 saturated heterocycles. The Morgan fingerprint density at radius 3 is 2.27 bits per heavy atom. The van der Waals surface area contributed by atoms with Gasteiger partial charge in [-0.05, 0) is 43.4 Å². The molecule has 2 rings (SSSR count). The summed E-state index contributed by atoms with van der Waals surface area (Å²) in [4.78, 5) is 2.15. The zero-order chi connectivity index (χ0) is 18.8. The van der Waals surface area contributed by atoms with Gasteiger partial charge in [0.05, 0.1) is 0 Å². The van der Waals surface area contributed by atoms with E-state index in [0.717, 1.165) is 34.4 Å². The fourth-order valence-corrected chi connectivity index (χ4v) is 2.63. The number of rotatable bonds is 9. The molecule has 4 nitrogen and oxygen atoms in total. The molecule has 5 heteroatoms. The summed E-state index contributed by atoms with van der Waals surface area (Å²) in [6.45, 7) is 5.95. The second kappa shape index (κ2) is 10.6. The normalized spacial score (nSPS) is 11.9. The SMILES string of the molecule is C=CCN(C)C/C=C/COc1ccc(/C(=N/O)c2ccc(Br)cc2)cc1. The van der Waals surface area contributed by atoms with Crippen molar-refractivity contribution < 1.29 is 9.94 Å². The molecule has 0 atom stereocenters. The van der Waals surface area contributed by atoms with Gasteiger partial charge in [-0.15, -0.1) is 6.58 Å². The number of benzene rings is 2. The first-order valence-corrected chi connectivity index (χ1v) is 9.09. The van der Waals surface area contributed by atoms with Gasteiger partial charge in [0.15, 0.2) is 0 Å². The van der Waals surface area contributed by atoms with Gasteiger partial charge in [-0.1, -0.05) is 51.4 Å². The Morgan fingerprint density at radius 1 is 1.08 bits per heavy atom. The molecule has 2 aromatic rings. The summed E-state index contributed by atoms with van der Waals surface area (Å²) in [6.07, 6.45) is 5.95. The van der Waals surface area contributed by atoms with Gasteiger partial charge < -0.3 is 9.94 Å². The molecule has 0 unspecified atom stereocenters. The van der Waals surface area contributed by atoms with Gasteiger partial charge in [0.1, 0.15) is 18.1 Å². The van der Waals surface area contributed by atoms with E-state index in [-0.39, 0.29) is 0 Å². The molecule has 1 N–H and O–H groups in total. The lowest BCUT2D eigenvalue weighted by atomic mass is 10.0. The van der Waals surface area contributed by atoms with Gasteiger partial charge >= 0.3 is 0 Å². The van der Waals surface area contributed by atoms with Crippen LogP contribution in [0.5, 0.6) is 5.75 Å². The second-order valence-electron chi connectivity index (χ2n) is 5.77. The number of ether oxygens (including phenoxy) is 1. The highest BCUT2D eigenvalue weighted by Gasteiger charge is 2.08. The summed E-state index contributed by atoms with van der Waals surface area (Å²) in [5.41, 5.74) is 2.19. The van der Waals surface area contributed by atoms with E-state index in [1.807, 2.05) is 67.7 Å². The second-order valence-corrected chi connectivity index (χ2v) is 6.69. The van der Waals surface area contributed by atoms with Crippen LogP contribution in [-0.4, -0.2) is 42.6 Å². The van der Waals surface area contributed by atoms with Crippen LogP contribution >= 0.6 is 15.9 Å². The fraction of sp³-hybridized carbons (Fsp3) is 0.190. The standard InChI is InChI=1S/C21H23BrN2O2/c1-3-14-24(2)15-4-5-16-26-20-12-8-18(9-13-20)21(23-25)17-6-10-19(22)11-7-17/h3-13,25H,1,14-16H2,2H3/b5-4+,23-21+. The van der Waals surface area contributed by atoms with Crippen molar-refractivity contribution in [2.24, 2.45) is 5.16 Å². The predicted molar refractivity (Wildman–Crippen MR) is 110 cm³/mol. The van der Waals surface area contributed by atoms with Crippen LogP contribution in [0, 0.1) is 0 Å². The smallest absolute Gasteiger partial charge is 0.119 e. The van der Waals surface area contributed by atoms with Crippen molar-refractivity contribution >= 4 is 21.6 Å². The summed E-state index contributed by atoms with van der Waals surface area (Å²) >= 11 is 3.40. The van der Waals surface area contributed by atoms with Crippen LogP contribution in [0.15, 0.2) is 83.0 Å². The van der Waals surface area contributed by atoms with E-state index in [0.29, 0.717) is 12.3 Å². The first kappa shape index (κ1) is 19.9. The molecule has 0 heterocycles. The van der Waals surface area contributed by atoms with Crippen LogP contribution in [0.4, 0.5) is 0 Å². The highest BCUT2D eigenvalue weighted by molar-refractivity contribution is 9.10. The largest absolute Gasteiger partial charge is 0.490 e. The van der Waals surface area contributed by atoms with E-state index in [9.17, 15) is 5.21 Å². The summed E-state index contributed by atoms with van der Waals surface area (Å²) in [7, 11) is 2.04. The Morgan fingerprint density at radius 2 is 1.69 bits per heavy atom. The molecule has 0 spiro atoms. The Kier molecular flexibility index (Phi) is 8.12. The van der Waals surface area contributed by atoms with Gasteiger partial charge in [0, 0.05) is 28.7 Å². The van der Waals surface area contributed by atoms with Gasteiger partial charge in [0.2, 0.25) is 0 Å². The maximum Gasteiger partial charge on any atom is 0.119 e. The minimum Gasteiger partial charge on any atom is -0.490 e. The van der Waals surface area contributed by atoms with Gasteiger partial charge in [-0.2, -0.15) is 0 Å². The third-order valence-corrected chi connectivity index (χ3v) is 4.24. The molecule has 0 saturated carbocycles. The lowest BCUT2D eigenvalue weighted by Gasteiger charge is -2.10. The minimum absolute atomic E-state index is 0.509. The van der Waals surface area contributed by atoms with Crippen molar-refractivity contribution in [3.63, 3.8) is 0 Å². The molecule has 0 radical (unpaired) electrons. The summed E-state index contributed by atoms with van der Waals surface area (Å²) in [5, 5.41) is 12.8. The van der Waals surface area contributed by atoms with Crippen molar-refractivity contribution in [1.82, 2.24) is 4.90 Å². The molecule has 0 bridgehead atoms. The van der Waals surface area contributed by atoms with Crippen molar-refractivity contribution in [2.45, 2.75) is 0 Å². The molecule has 0 aliphatic rings.